The minimum Gasteiger partial charge on any atom is -0.345 e. The first-order chi connectivity index (χ1) is 13.4. The third kappa shape index (κ3) is 3.32. The van der Waals surface area contributed by atoms with E-state index in [1.807, 2.05) is 32.0 Å². The molecular weight excluding hydrogens is 356 g/mol. The van der Waals surface area contributed by atoms with Crippen LogP contribution in [0.5, 0.6) is 0 Å². The van der Waals surface area contributed by atoms with Gasteiger partial charge in [-0.1, -0.05) is 32.0 Å². The number of aromatic nitrogens is 2. The number of rotatable bonds is 4. The Bertz CT molecular complexity index is 982. The molecule has 3 heterocycles. The number of nitrogens with one attached hydrogen (secondary N) is 2. The van der Waals surface area contributed by atoms with Crippen LogP contribution >= 0.6 is 0 Å². The van der Waals surface area contributed by atoms with Crippen LogP contribution in [0.25, 0.3) is 0 Å². The molecule has 0 radical (unpaired) electrons. The number of amides is 2. The molecule has 7 nitrogen and oxygen atoms in total. The number of hydrogen-bond acceptors (Lipinski definition) is 4. The lowest BCUT2D eigenvalue weighted by atomic mass is 10.0. The van der Waals surface area contributed by atoms with Gasteiger partial charge in [-0.25, -0.2) is 4.98 Å². The first-order valence-electron chi connectivity index (χ1n) is 9.74. The smallest absolute Gasteiger partial charge is 0.252 e. The zero-order valence-electron chi connectivity index (χ0n) is 16.1. The molecule has 1 aromatic carbocycles. The number of aromatic amines is 1. The average molecular weight is 380 g/mol. The summed E-state index contributed by atoms with van der Waals surface area (Å²) in [7, 11) is 0. The van der Waals surface area contributed by atoms with Crippen molar-refractivity contribution in [2.24, 2.45) is 0 Å². The van der Waals surface area contributed by atoms with Crippen molar-refractivity contribution in [3.05, 3.63) is 63.3 Å². The van der Waals surface area contributed by atoms with Crippen LogP contribution in [0.1, 0.15) is 78.6 Å². The highest BCUT2D eigenvalue weighted by Crippen LogP contribution is 2.33. The summed E-state index contributed by atoms with van der Waals surface area (Å²) in [4.78, 5) is 46.4. The maximum atomic E-state index is 13.1. The van der Waals surface area contributed by atoms with Crippen molar-refractivity contribution < 1.29 is 9.59 Å². The van der Waals surface area contributed by atoms with E-state index in [4.69, 9.17) is 0 Å². The Hall–Kier alpha value is -2.96. The van der Waals surface area contributed by atoms with Crippen LogP contribution in [0.15, 0.2) is 35.1 Å². The van der Waals surface area contributed by atoms with Crippen LogP contribution in [-0.2, 0) is 4.79 Å². The van der Waals surface area contributed by atoms with Crippen molar-refractivity contribution in [3.8, 4) is 0 Å². The van der Waals surface area contributed by atoms with Crippen LogP contribution in [0.4, 0.5) is 0 Å². The fourth-order valence-electron chi connectivity index (χ4n) is 4.07. The van der Waals surface area contributed by atoms with Gasteiger partial charge in [0, 0.05) is 18.2 Å². The summed E-state index contributed by atoms with van der Waals surface area (Å²) in [5, 5.41) is 2.90. The Kier molecular flexibility index (Phi) is 4.75. The molecule has 1 aromatic heterocycles. The lowest BCUT2D eigenvalue weighted by Gasteiger charge is -2.26. The molecule has 2 aliphatic heterocycles. The maximum absolute atomic E-state index is 13.1. The van der Waals surface area contributed by atoms with E-state index in [2.05, 4.69) is 15.3 Å². The van der Waals surface area contributed by atoms with Crippen LogP contribution in [-0.4, -0.2) is 33.2 Å². The largest absolute Gasteiger partial charge is 0.345 e. The summed E-state index contributed by atoms with van der Waals surface area (Å²) in [6.07, 6.45) is 1.83. The number of likely N-dealkylation sites (tertiary alicyclic amines) is 1. The van der Waals surface area contributed by atoms with Gasteiger partial charge in [0.05, 0.1) is 24.2 Å². The van der Waals surface area contributed by atoms with Crippen LogP contribution < -0.4 is 10.9 Å². The van der Waals surface area contributed by atoms with E-state index in [1.54, 1.807) is 11.0 Å². The van der Waals surface area contributed by atoms with Gasteiger partial charge in [0.25, 0.3) is 11.5 Å². The summed E-state index contributed by atoms with van der Waals surface area (Å²) < 4.78 is 0. The van der Waals surface area contributed by atoms with Gasteiger partial charge in [-0.15, -0.1) is 0 Å². The highest BCUT2D eigenvalue weighted by Gasteiger charge is 2.36. The predicted molar refractivity (Wildman–Crippen MR) is 104 cm³/mol. The molecule has 0 bridgehead atoms. The van der Waals surface area contributed by atoms with Gasteiger partial charge in [0.1, 0.15) is 5.82 Å². The molecule has 1 saturated heterocycles. The zero-order chi connectivity index (χ0) is 19.8. The molecule has 2 N–H and O–H groups in total. The number of benzene rings is 1. The normalized spacial score (nSPS) is 21.1. The van der Waals surface area contributed by atoms with E-state index in [-0.39, 0.29) is 41.8 Å². The molecule has 0 spiro atoms. The van der Waals surface area contributed by atoms with Gasteiger partial charge in [0.2, 0.25) is 5.91 Å². The molecule has 0 aliphatic carbocycles. The average Bonchev–Trinajstić information content (AvgIpc) is 3.27. The van der Waals surface area contributed by atoms with E-state index in [1.165, 1.54) is 6.07 Å². The van der Waals surface area contributed by atoms with Gasteiger partial charge in [-0.2, -0.15) is 0 Å². The summed E-state index contributed by atoms with van der Waals surface area (Å²) in [5.74, 6) is 0.513. The molecule has 0 saturated carbocycles. The first-order valence-corrected chi connectivity index (χ1v) is 9.74. The summed E-state index contributed by atoms with van der Waals surface area (Å²) in [6.45, 7) is 4.61. The molecule has 2 aliphatic rings. The SMILES string of the molecule is CC(C)c1cc(=O)[nH]c([C@H]2CCCN2C(=O)C[C@H]2NC(=O)c3ccccc32)n1. The standard InChI is InChI=1S/C21H24N4O3/c1-12(2)15-10-18(26)24-20(22-15)17-8-5-9-25(17)19(27)11-16-13-6-3-4-7-14(13)21(28)23-16/h3-4,6-7,10,12,16-17H,5,8-9,11H2,1-2H3,(H,23,28)(H,22,24,26)/t16-,17-/m1/s1. The van der Waals surface area contributed by atoms with Crippen molar-refractivity contribution in [1.29, 1.82) is 0 Å². The molecule has 28 heavy (non-hydrogen) atoms. The number of carbonyl (C=O) groups is 2. The topological polar surface area (TPSA) is 95.2 Å². The Balaban J connectivity index is 1.55. The molecule has 4 rings (SSSR count). The van der Waals surface area contributed by atoms with E-state index in [9.17, 15) is 14.4 Å². The van der Waals surface area contributed by atoms with Crippen molar-refractivity contribution in [2.75, 3.05) is 6.54 Å². The lowest BCUT2D eigenvalue weighted by molar-refractivity contribution is -0.132. The van der Waals surface area contributed by atoms with Crippen molar-refractivity contribution in [2.45, 2.75) is 51.1 Å². The second-order valence-electron chi connectivity index (χ2n) is 7.77. The van der Waals surface area contributed by atoms with Crippen LogP contribution in [0, 0.1) is 0 Å². The monoisotopic (exact) mass is 380 g/mol. The highest BCUT2D eigenvalue weighted by atomic mass is 16.2. The second kappa shape index (κ2) is 7.22. The van der Waals surface area contributed by atoms with Gasteiger partial charge in [0.15, 0.2) is 0 Å². The quantitative estimate of drug-likeness (QED) is 0.852. The van der Waals surface area contributed by atoms with E-state index >= 15 is 0 Å². The van der Waals surface area contributed by atoms with E-state index < -0.39 is 0 Å². The molecule has 2 atom stereocenters. The number of fused-ring (bicyclic) bond motifs is 1. The predicted octanol–water partition coefficient (Wildman–Crippen LogP) is 2.43. The fourth-order valence-corrected chi connectivity index (χ4v) is 4.07. The highest BCUT2D eigenvalue weighted by molar-refractivity contribution is 5.99. The third-order valence-electron chi connectivity index (χ3n) is 5.53. The van der Waals surface area contributed by atoms with Crippen LogP contribution in [0.3, 0.4) is 0 Å². The van der Waals surface area contributed by atoms with Gasteiger partial charge >= 0.3 is 0 Å². The molecule has 7 heteroatoms. The number of nitrogens with zero attached hydrogens (tertiary/aromatic N) is 2. The Morgan fingerprint density at radius 3 is 2.86 bits per heavy atom. The minimum absolute atomic E-state index is 0.0397. The molecule has 2 amide bonds. The summed E-state index contributed by atoms with van der Waals surface area (Å²) >= 11 is 0. The lowest BCUT2D eigenvalue weighted by Crippen LogP contribution is -2.35. The summed E-state index contributed by atoms with van der Waals surface area (Å²) in [6, 6.07) is 8.33. The van der Waals surface area contributed by atoms with Gasteiger partial charge in [-0.3, -0.25) is 14.4 Å². The third-order valence-corrected chi connectivity index (χ3v) is 5.53. The Labute approximate surface area is 163 Å². The Morgan fingerprint density at radius 1 is 1.29 bits per heavy atom. The van der Waals surface area contributed by atoms with E-state index in [0.29, 0.717) is 17.9 Å². The van der Waals surface area contributed by atoms with Crippen molar-refractivity contribution in [3.63, 3.8) is 0 Å². The molecule has 1 fully saturated rings. The van der Waals surface area contributed by atoms with Gasteiger partial charge < -0.3 is 15.2 Å². The molecule has 0 unspecified atom stereocenters. The van der Waals surface area contributed by atoms with Crippen molar-refractivity contribution in [1.82, 2.24) is 20.2 Å². The summed E-state index contributed by atoms with van der Waals surface area (Å²) in [5.41, 5.74) is 2.04. The van der Waals surface area contributed by atoms with Crippen molar-refractivity contribution >= 4 is 11.8 Å². The molecule has 146 valence electrons. The second-order valence-corrected chi connectivity index (χ2v) is 7.77. The maximum Gasteiger partial charge on any atom is 0.252 e. The molecular formula is C21H24N4O3. The number of carbonyl (C=O) groups excluding carboxylic acids is 2. The number of H-pyrrole nitrogens is 1. The zero-order valence-corrected chi connectivity index (χ0v) is 16.1. The number of hydrogen-bond donors (Lipinski definition) is 2. The minimum atomic E-state index is -0.313. The van der Waals surface area contributed by atoms with E-state index in [0.717, 1.165) is 24.1 Å². The first kappa shape index (κ1) is 18.4. The fraction of sp³-hybridized carbons (Fsp3) is 0.429. The van der Waals surface area contributed by atoms with Gasteiger partial charge in [-0.05, 0) is 30.4 Å². The molecule has 2 aromatic rings. The van der Waals surface area contributed by atoms with Crippen LogP contribution in [0.2, 0.25) is 0 Å². The Morgan fingerprint density at radius 2 is 2.07 bits per heavy atom.